The van der Waals surface area contributed by atoms with Crippen LogP contribution in [0.2, 0.25) is 0 Å². The van der Waals surface area contributed by atoms with Crippen LogP contribution in [-0.4, -0.2) is 24.2 Å². The Morgan fingerprint density at radius 1 is 1.80 bits per heavy atom. The summed E-state index contributed by atoms with van der Waals surface area (Å²) in [4.78, 5) is 14.6. The van der Waals surface area contributed by atoms with E-state index in [-0.39, 0.29) is 0 Å². The predicted molar refractivity (Wildman–Crippen MR) is 36.4 cm³/mol. The minimum atomic E-state index is -0.946. The first-order valence-corrected chi connectivity index (χ1v) is 3.01. The number of carboxylic acids is 1. The van der Waals surface area contributed by atoms with Crippen molar-refractivity contribution in [3.63, 3.8) is 0 Å². The summed E-state index contributed by atoms with van der Waals surface area (Å²) in [6.45, 7) is 2.83. The van der Waals surface area contributed by atoms with Crippen molar-refractivity contribution in [2.45, 2.75) is 6.92 Å². The van der Waals surface area contributed by atoms with Crippen LogP contribution in [-0.2, 0) is 9.63 Å². The smallest absolute Gasteiger partial charge is 0.328 e. The van der Waals surface area contributed by atoms with E-state index < -0.39 is 5.97 Å². The zero-order chi connectivity index (χ0) is 7.82. The Morgan fingerprint density at radius 2 is 2.50 bits per heavy atom. The summed E-state index contributed by atoms with van der Waals surface area (Å²) < 4.78 is 0. The van der Waals surface area contributed by atoms with Gasteiger partial charge in [0.1, 0.15) is 0 Å². The van der Waals surface area contributed by atoms with Crippen molar-refractivity contribution in [3.05, 3.63) is 12.2 Å². The fourth-order valence-corrected chi connectivity index (χ4v) is 0.369. The highest BCUT2D eigenvalue weighted by Gasteiger charge is 1.83. The lowest BCUT2D eigenvalue weighted by atomic mass is 10.5. The summed E-state index contributed by atoms with van der Waals surface area (Å²) in [5.74, 6) is -0.946. The maximum absolute atomic E-state index is 9.88. The van der Waals surface area contributed by atoms with Crippen LogP contribution in [0.5, 0.6) is 0 Å². The van der Waals surface area contributed by atoms with Crippen LogP contribution >= 0.6 is 0 Å². The molecule has 0 rings (SSSR count). The molecule has 0 atom stereocenters. The van der Waals surface area contributed by atoms with Gasteiger partial charge in [0, 0.05) is 12.6 Å². The van der Waals surface area contributed by atoms with E-state index >= 15 is 0 Å². The first-order valence-electron chi connectivity index (χ1n) is 3.01. The Labute approximate surface area is 59.4 Å². The monoisotopic (exact) mass is 145 g/mol. The van der Waals surface area contributed by atoms with Crippen LogP contribution < -0.4 is 5.48 Å². The minimum Gasteiger partial charge on any atom is -0.478 e. The van der Waals surface area contributed by atoms with Gasteiger partial charge < -0.3 is 9.94 Å². The van der Waals surface area contributed by atoms with Gasteiger partial charge in [0.2, 0.25) is 0 Å². The summed E-state index contributed by atoms with van der Waals surface area (Å²) in [7, 11) is 0. The van der Waals surface area contributed by atoms with Gasteiger partial charge >= 0.3 is 5.97 Å². The van der Waals surface area contributed by atoms with E-state index in [1.54, 1.807) is 0 Å². The average Bonchev–Trinajstić information content (AvgIpc) is 1.87. The van der Waals surface area contributed by atoms with Gasteiger partial charge in [-0.15, -0.1) is 0 Å². The van der Waals surface area contributed by atoms with Crippen molar-refractivity contribution >= 4 is 5.97 Å². The number of carbonyl (C=O) groups is 1. The molecule has 0 unspecified atom stereocenters. The lowest BCUT2D eigenvalue weighted by molar-refractivity contribution is -0.131. The van der Waals surface area contributed by atoms with Gasteiger partial charge in [-0.2, -0.15) is 5.48 Å². The number of hydrogen-bond donors (Lipinski definition) is 2. The van der Waals surface area contributed by atoms with Crippen LogP contribution in [0.15, 0.2) is 12.2 Å². The Hall–Kier alpha value is -0.870. The molecule has 0 saturated carbocycles. The van der Waals surface area contributed by atoms with E-state index in [1.807, 2.05) is 6.92 Å². The standard InChI is InChI=1S/C6H11NO3/c1-2-10-7-5-3-4-6(8)9/h3-4,7H,2,5H2,1H3,(H,8,9)/b4-3+. The lowest BCUT2D eigenvalue weighted by Crippen LogP contribution is -2.13. The molecule has 0 amide bonds. The van der Waals surface area contributed by atoms with Crippen LogP contribution in [0.25, 0.3) is 0 Å². The van der Waals surface area contributed by atoms with Crippen molar-refractivity contribution < 1.29 is 14.7 Å². The highest BCUT2D eigenvalue weighted by molar-refractivity contribution is 5.79. The van der Waals surface area contributed by atoms with Gasteiger partial charge in [-0.3, -0.25) is 0 Å². The molecule has 0 aliphatic heterocycles. The first kappa shape index (κ1) is 9.13. The molecule has 58 valence electrons. The molecular weight excluding hydrogens is 134 g/mol. The van der Waals surface area contributed by atoms with Crippen LogP contribution in [0.3, 0.4) is 0 Å². The van der Waals surface area contributed by atoms with E-state index in [0.717, 1.165) is 6.08 Å². The summed E-state index contributed by atoms with van der Waals surface area (Å²) in [5.41, 5.74) is 2.54. The second kappa shape index (κ2) is 6.25. The molecule has 4 nitrogen and oxygen atoms in total. The van der Waals surface area contributed by atoms with Crippen molar-refractivity contribution in [2.75, 3.05) is 13.2 Å². The average molecular weight is 145 g/mol. The molecule has 0 fully saturated rings. The van der Waals surface area contributed by atoms with Crippen LogP contribution in [0.4, 0.5) is 0 Å². The molecule has 0 saturated heterocycles. The Kier molecular flexibility index (Phi) is 5.71. The summed E-state index contributed by atoms with van der Waals surface area (Å²) >= 11 is 0. The molecule has 0 heterocycles. The van der Waals surface area contributed by atoms with Gasteiger partial charge in [-0.05, 0) is 6.92 Å². The highest BCUT2D eigenvalue weighted by atomic mass is 16.6. The second-order valence-corrected chi connectivity index (χ2v) is 1.52. The van der Waals surface area contributed by atoms with Crippen LogP contribution in [0.1, 0.15) is 6.92 Å². The zero-order valence-electron chi connectivity index (χ0n) is 5.83. The normalized spacial score (nSPS) is 10.5. The predicted octanol–water partition coefficient (Wildman–Crippen LogP) is 0.168. The molecule has 0 aromatic heterocycles. The van der Waals surface area contributed by atoms with Gasteiger partial charge in [0.15, 0.2) is 0 Å². The Morgan fingerprint density at radius 3 is 3.00 bits per heavy atom. The van der Waals surface area contributed by atoms with E-state index in [1.165, 1.54) is 6.08 Å². The summed E-state index contributed by atoms with van der Waals surface area (Å²) in [6.07, 6.45) is 2.53. The fourth-order valence-electron chi connectivity index (χ4n) is 0.369. The van der Waals surface area contributed by atoms with Gasteiger partial charge in [-0.1, -0.05) is 6.08 Å². The molecular formula is C6H11NO3. The van der Waals surface area contributed by atoms with E-state index in [9.17, 15) is 4.79 Å². The van der Waals surface area contributed by atoms with E-state index in [4.69, 9.17) is 9.94 Å². The van der Waals surface area contributed by atoms with Gasteiger partial charge in [-0.25, -0.2) is 4.79 Å². The molecule has 0 aromatic carbocycles. The maximum Gasteiger partial charge on any atom is 0.328 e. The number of hydroxylamine groups is 1. The number of rotatable bonds is 5. The van der Waals surface area contributed by atoms with Crippen LogP contribution in [0, 0.1) is 0 Å². The lowest BCUT2D eigenvalue weighted by Gasteiger charge is -1.96. The molecule has 0 aliphatic rings. The Bertz CT molecular complexity index is 122. The minimum absolute atomic E-state index is 0.417. The number of carboxylic acid groups (broad SMARTS) is 1. The molecule has 0 spiro atoms. The second-order valence-electron chi connectivity index (χ2n) is 1.52. The Balaban J connectivity index is 3.10. The van der Waals surface area contributed by atoms with Gasteiger partial charge in [0.25, 0.3) is 0 Å². The molecule has 10 heavy (non-hydrogen) atoms. The third-order valence-corrected chi connectivity index (χ3v) is 0.708. The largest absolute Gasteiger partial charge is 0.478 e. The first-order chi connectivity index (χ1) is 4.77. The molecule has 2 N–H and O–H groups in total. The quantitative estimate of drug-likeness (QED) is 0.329. The van der Waals surface area contributed by atoms with Crippen molar-refractivity contribution in [3.8, 4) is 0 Å². The van der Waals surface area contributed by atoms with Gasteiger partial charge in [0.05, 0.1) is 6.61 Å². The van der Waals surface area contributed by atoms with E-state index in [2.05, 4.69) is 5.48 Å². The van der Waals surface area contributed by atoms with Crippen molar-refractivity contribution in [1.82, 2.24) is 5.48 Å². The molecule has 4 heteroatoms. The number of aliphatic carboxylic acids is 1. The summed E-state index contributed by atoms with van der Waals surface area (Å²) in [5, 5.41) is 8.11. The van der Waals surface area contributed by atoms with Crippen molar-refractivity contribution in [1.29, 1.82) is 0 Å². The topological polar surface area (TPSA) is 58.6 Å². The fraction of sp³-hybridized carbons (Fsp3) is 0.500. The third kappa shape index (κ3) is 7.13. The molecule has 0 aromatic rings. The zero-order valence-corrected chi connectivity index (χ0v) is 5.83. The SMILES string of the molecule is CCONC/C=C/C(=O)O. The highest BCUT2D eigenvalue weighted by Crippen LogP contribution is 1.71. The molecule has 0 bridgehead atoms. The maximum atomic E-state index is 9.88. The summed E-state index contributed by atoms with van der Waals surface area (Å²) in [6, 6.07) is 0. The number of hydrogen-bond acceptors (Lipinski definition) is 3. The van der Waals surface area contributed by atoms with Crippen molar-refractivity contribution in [2.24, 2.45) is 0 Å². The molecule has 0 aliphatic carbocycles. The van der Waals surface area contributed by atoms with E-state index in [0.29, 0.717) is 13.2 Å². The third-order valence-electron chi connectivity index (χ3n) is 0.708. The number of nitrogens with one attached hydrogen (secondary N) is 1. The molecule has 0 radical (unpaired) electrons.